The topological polar surface area (TPSA) is 88.5 Å². The van der Waals surface area contributed by atoms with E-state index in [1.807, 2.05) is 13.2 Å². The molecule has 22 heavy (non-hydrogen) atoms. The van der Waals surface area contributed by atoms with Gasteiger partial charge in [0, 0.05) is 30.8 Å². The van der Waals surface area contributed by atoms with Gasteiger partial charge in [0.05, 0.1) is 0 Å². The van der Waals surface area contributed by atoms with E-state index in [0.29, 0.717) is 17.4 Å². The van der Waals surface area contributed by atoms with Crippen LogP contribution in [0.3, 0.4) is 0 Å². The van der Waals surface area contributed by atoms with Gasteiger partial charge < -0.3 is 9.88 Å². The molecule has 0 aromatic carbocycles. The molecule has 0 saturated heterocycles. The van der Waals surface area contributed by atoms with Gasteiger partial charge in [-0.3, -0.25) is 4.79 Å². The fraction of sp³-hybridized carbons (Fsp3) is 0.286. The van der Waals surface area contributed by atoms with Crippen molar-refractivity contribution in [3.05, 3.63) is 40.3 Å². The fourth-order valence-electron chi connectivity index (χ4n) is 2.65. The molecule has 3 aromatic rings. The highest BCUT2D eigenvalue weighted by Crippen LogP contribution is 2.41. The van der Waals surface area contributed by atoms with E-state index >= 15 is 0 Å². The second kappa shape index (κ2) is 5.06. The van der Waals surface area contributed by atoms with E-state index in [1.54, 1.807) is 22.0 Å². The number of rotatable bonds is 4. The van der Waals surface area contributed by atoms with E-state index in [0.717, 1.165) is 12.0 Å². The molecule has 2 atom stereocenters. The van der Waals surface area contributed by atoms with Crippen LogP contribution in [-0.2, 0) is 7.05 Å². The Balaban J connectivity index is 1.47. The van der Waals surface area contributed by atoms with Crippen LogP contribution in [0.5, 0.6) is 0 Å². The van der Waals surface area contributed by atoms with Crippen molar-refractivity contribution in [3.63, 3.8) is 0 Å². The molecular formula is C14H14N6OS. The minimum atomic E-state index is -0.0695. The van der Waals surface area contributed by atoms with Crippen molar-refractivity contribution in [1.29, 1.82) is 0 Å². The van der Waals surface area contributed by atoms with Gasteiger partial charge in [0.15, 0.2) is 0 Å². The number of aromatic nitrogens is 5. The van der Waals surface area contributed by atoms with Crippen LogP contribution in [0.25, 0.3) is 11.4 Å². The Morgan fingerprint density at radius 2 is 2.45 bits per heavy atom. The zero-order valence-electron chi connectivity index (χ0n) is 11.9. The van der Waals surface area contributed by atoms with Crippen molar-refractivity contribution in [2.45, 2.75) is 18.4 Å². The summed E-state index contributed by atoms with van der Waals surface area (Å²) in [4.78, 5) is 12.4. The first-order valence-electron chi connectivity index (χ1n) is 6.95. The Morgan fingerprint density at radius 3 is 3.18 bits per heavy atom. The third-order valence-electron chi connectivity index (χ3n) is 3.92. The summed E-state index contributed by atoms with van der Waals surface area (Å²) in [5.41, 5.74) is 2.68. The van der Waals surface area contributed by atoms with Crippen molar-refractivity contribution < 1.29 is 4.79 Å². The van der Waals surface area contributed by atoms with Gasteiger partial charge in [-0.1, -0.05) is 0 Å². The molecule has 4 rings (SSSR count). The summed E-state index contributed by atoms with van der Waals surface area (Å²) in [5, 5.41) is 21.1. The largest absolute Gasteiger partial charge is 0.347 e. The average Bonchev–Trinajstić information content (AvgIpc) is 3.02. The smallest absolute Gasteiger partial charge is 0.268 e. The summed E-state index contributed by atoms with van der Waals surface area (Å²) in [6.45, 7) is 0. The maximum Gasteiger partial charge on any atom is 0.268 e. The summed E-state index contributed by atoms with van der Waals surface area (Å²) < 4.78 is 1.78. The molecule has 112 valence electrons. The lowest BCUT2D eigenvalue weighted by Gasteiger charge is -2.05. The van der Waals surface area contributed by atoms with Crippen LogP contribution < -0.4 is 5.32 Å². The number of hydrogen-bond acceptors (Lipinski definition) is 5. The first-order chi connectivity index (χ1) is 10.7. The van der Waals surface area contributed by atoms with Gasteiger partial charge in [0.2, 0.25) is 5.82 Å². The second-order valence-corrected chi connectivity index (χ2v) is 6.22. The number of carbonyl (C=O) groups is 1. The minimum Gasteiger partial charge on any atom is -0.347 e. The van der Waals surface area contributed by atoms with Crippen LogP contribution in [-0.4, -0.2) is 37.1 Å². The first kappa shape index (κ1) is 13.2. The predicted octanol–water partition coefficient (Wildman–Crippen LogP) is 1.55. The number of H-pyrrole nitrogens is 1. The minimum absolute atomic E-state index is 0.0695. The molecule has 0 bridgehead atoms. The van der Waals surface area contributed by atoms with Gasteiger partial charge in [-0.2, -0.15) is 16.6 Å². The molecule has 0 unspecified atom stereocenters. The highest BCUT2D eigenvalue weighted by atomic mass is 32.1. The average molecular weight is 314 g/mol. The molecule has 8 heteroatoms. The normalized spacial score (nSPS) is 20.0. The van der Waals surface area contributed by atoms with Crippen molar-refractivity contribution >= 4 is 17.2 Å². The molecule has 1 aliphatic carbocycles. The molecule has 1 fully saturated rings. The monoisotopic (exact) mass is 314 g/mol. The van der Waals surface area contributed by atoms with Crippen LogP contribution in [0.1, 0.15) is 28.4 Å². The summed E-state index contributed by atoms with van der Waals surface area (Å²) in [7, 11) is 1.84. The maximum absolute atomic E-state index is 12.4. The molecule has 0 spiro atoms. The number of hydrogen-bond donors (Lipinski definition) is 2. The van der Waals surface area contributed by atoms with Gasteiger partial charge >= 0.3 is 0 Å². The Kier molecular flexibility index (Phi) is 3.04. The fourth-order valence-corrected chi connectivity index (χ4v) is 3.37. The van der Waals surface area contributed by atoms with E-state index < -0.39 is 0 Å². The van der Waals surface area contributed by atoms with E-state index in [4.69, 9.17) is 0 Å². The van der Waals surface area contributed by atoms with Crippen molar-refractivity contribution in [2.24, 2.45) is 7.05 Å². The number of thiophene rings is 1. The quantitative estimate of drug-likeness (QED) is 0.765. The highest BCUT2D eigenvalue weighted by molar-refractivity contribution is 7.08. The lowest BCUT2D eigenvalue weighted by molar-refractivity contribution is 0.0942. The van der Waals surface area contributed by atoms with Crippen molar-refractivity contribution in [1.82, 2.24) is 30.5 Å². The summed E-state index contributed by atoms with van der Waals surface area (Å²) >= 11 is 1.69. The Labute approximate surface area is 130 Å². The summed E-state index contributed by atoms with van der Waals surface area (Å²) in [6, 6.07) is 4.13. The van der Waals surface area contributed by atoms with Crippen LogP contribution in [0.15, 0.2) is 29.1 Å². The van der Waals surface area contributed by atoms with E-state index in [2.05, 4.69) is 42.8 Å². The van der Waals surface area contributed by atoms with E-state index in [-0.39, 0.29) is 11.9 Å². The second-order valence-electron chi connectivity index (χ2n) is 5.44. The van der Waals surface area contributed by atoms with Gasteiger partial charge in [-0.15, -0.1) is 10.2 Å². The zero-order valence-corrected chi connectivity index (χ0v) is 12.7. The predicted molar refractivity (Wildman–Crippen MR) is 81.5 cm³/mol. The molecule has 3 aromatic heterocycles. The Bertz CT molecular complexity index is 792. The molecule has 0 radical (unpaired) electrons. The molecule has 1 saturated carbocycles. The Hall–Kier alpha value is -2.48. The molecule has 3 heterocycles. The van der Waals surface area contributed by atoms with Crippen LogP contribution in [0.2, 0.25) is 0 Å². The number of aryl methyl sites for hydroxylation is 1. The molecule has 2 N–H and O–H groups in total. The number of nitrogens with one attached hydrogen (secondary N) is 2. The number of nitrogens with zero attached hydrogens (tertiary/aromatic N) is 4. The SMILES string of the molecule is Cn1cc(-c2nn[nH]n2)cc1C(=O)N[C@@H]1C[C@H]1c1ccsc1. The van der Waals surface area contributed by atoms with Gasteiger partial charge in [-0.05, 0) is 40.1 Å². The molecule has 1 amide bonds. The third kappa shape index (κ3) is 2.31. The number of amides is 1. The number of carbonyl (C=O) groups excluding carboxylic acids is 1. The number of tetrazole rings is 1. The lowest BCUT2D eigenvalue weighted by Crippen LogP contribution is -2.28. The Morgan fingerprint density at radius 1 is 1.55 bits per heavy atom. The van der Waals surface area contributed by atoms with E-state index in [9.17, 15) is 4.79 Å². The molecular weight excluding hydrogens is 300 g/mol. The third-order valence-corrected chi connectivity index (χ3v) is 4.62. The molecule has 7 nitrogen and oxygen atoms in total. The summed E-state index contributed by atoms with van der Waals surface area (Å²) in [6.07, 6.45) is 2.83. The standard InChI is InChI=1S/C14H14N6OS/c1-20-6-9(13-16-18-19-17-13)4-12(20)14(21)15-11-5-10(11)8-2-3-22-7-8/h2-4,6-7,10-11H,5H2,1H3,(H,15,21)(H,16,17,18,19)/t10-,11+/m0/s1. The van der Waals surface area contributed by atoms with Gasteiger partial charge in [0.1, 0.15) is 5.69 Å². The van der Waals surface area contributed by atoms with Crippen molar-refractivity contribution in [3.8, 4) is 11.4 Å². The first-order valence-corrected chi connectivity index (χ1v) is 7.90. The summed E-state index contributed by atoms with van der Waals surface area (Å²) in [5.74, 6) is 0.865. The van der Waals surface area contributed by atoms with Gasteiger partial charge in [-0.25, -0.2) is 0 Å². The molecule has 0 aliphatic heterocycles. The van der Waals surface area contributed by atoms with E-state index in [1.165, 1.54) is 5.56 Å². The van der Waals surface area contributed by atoms with Gasteiger partial charge in [0.25, 0.3) is 5.91 Å². The zero-order chi connectivity index (χ0) is 15.1. The lowest BCUT2D eigenvalue weighted by atomic mass is 10.2. The highest BCUT2D eigenvalue weighted by Gasteiger charge is 2.40. The molecule has 1 aliphatic rings. The maximum atomic E-state index is 12.4. The van der Waals surface area contributed by atoms with Crippen LogP contribution >= 0.6 is 11.3 Å². The van der Waals surface area contributed by atoms with Crippen molar-refractivity contribution in [2.75, 3.05) is 0 Å². The van der Waals surface area contributed by atoms with Crippen LogP contribution in [0, 0.1) is 0 Å². The number of aromatic amines is 1. The van der Waals surface area contributed by atoms with Crippen LogP contribution in [0.4, 0.5) is 0 Å².